The molecular formula is C13H17N3O. The Balaban J connectivity index is 2.38. The minimum atomic E-state index is 0.123. The highest BCUT2D eigenvalue weighted by atomic mass is 16.5. The van der Waals surface area contributed by atoms with Gasteiger partial charge in [0.25, 0.3) is 0 Å². The topological polar surface area (TPSA) is 39.1 Å². The van der Waals surface area contributed by atoms with Crippen molar-refractivity contribution in [2.75, 3.05) is 14.2 Å². The quantitative estimate of drug-likeness (QED) is 0.871. The molecule has 2 aromatic rings. The predicted octanol–water partition coefficient (Wildman–Crippen LogP) is 1.74. The average Bonchev–Trinajstić information content (AvgIpc) is 2.77. The Morgan fingerprint density at radius 3 is 2.76 bits per heavy atom. The van der Waals surface area contributed by atoms with E-state index >= 15 is 0 Å². The SMILES string of the molecule is CNC(c1cccc(OC)c1)c1ccnn1C. The number of methoxy groups -OCH3 is 1. The van der Waals surface area contributed by atoms with Gasteiger partial charge in [0.05, 0.1) is 18.8 Å². The van der Waals surface area contributed by atoms with Gasteiger partial charge in [-0.1, -0.05) is 12.1 Å². The molecular weight excluding hydrogens is 214 g/mol. The number of nitrogens with one attached hydrogen (secondary N) is 1. The number of ether oxygens (including phenoxy) is 1. The van der Waals surface area contributed by atoms with Gasteiger partial charge in [-0.2, -0.15) is 5.10 Å². The number of rotatable bonds is 4. The van der Waals surface area contributed by atoms with Gasteiger partial charge in [0.2, 0.25) is 0 Å². The third-order valence-electron chi connectivity index (χ3n) is 2.87. The normalized spacial score (nSPS) is 12.4. The van der Waals surface area contributed by atoms with Crippen LogP contribution < -0.4 is 10.1 Å². The number of hydrogen-bond acceptors (Lipinski definition) is 3. The minimum absolute atomic E-state index is 0.123. The fourth-order valence-electron chi connectivity index (χ4n) is 1.97. The van der Waals surface area contributed by atoms with E-state index in [1.165, 1.54) is 0 Å². The minimum Gasteiger partial charge on any atom is -0.497 e. The second-order valence-corrected chi connectivity index (χ2v) is 3.88. The van der Waals surface area contributed by atoms with Gasteiger partial charge in [0, 0.05) is 13.2 Å². The fourth-order valence-corrected chi connectivity index (χ4v) is 1.97. The molecule has 0 aliphatic rings. The Morgan fingerprint density at radius 2 is 2.18 bits per heavy atom. The number of aromatic nitrogens is 2. The lowest BCUT2D eigenvalue weighted by Crippen LogP contribution is -2.20. The first-order valence-electron chi connectivity index (χ1n) is 5.55. The van der Waals surface area contributed by atoms with Gasteiger partial charge in [-0.15, -0.1) is 0 Å². The lowest BCUT2D eigenvalue weighted by Gasteiger charge is -2.17. The van der Waals surface area contributed by atoms with Crippen molar-refractivity contribution in [3.63, 3.8) is 0 Å². The predicted molar refractivity (Wildman–Crippen MR) is 67.1 cm³/mol. The summed E-state index contributed by atoms with van der Waals surface area (Å²) in [5.74, 6) is 0.866. The molecule has 17 heavy (non-hydrogen) atoms. The van der Waals surface area contributed by atoms with Gasteiger partial charge in [-0.3, -0.25) is 4.68 Å². The Kier molecular flexibility index (Phi) is 3.44. The van der Waals surface area contributed by atoms with Crippen molar-refractivity contribution >= 4 is 0 Å². The van der Waals surface area contributed by atoms with Crippen LogP contribution in [0.15, 0.2) is 36.5 Å². The van der Waals surface area contributed by atoms with E-state index in [1.54, 1.807) is 13.3 Å². The summed E-state index contributed by atoms with van der Waals surface area (Å²) in [7, 11) is 5.56. The van der Waals surface area contributed by atoms with E-state index in [1.807, 2.05) is 43.0 Å². The maximum Gasteiger partial charge on any atom is 0.119 e. The van der Waals surface area contributed by atoms with Crippen LogP contribution in [0.5, 0.6) is 5.75 Å². The molecule has 0 saturated heterocycles. The molecule has 0 spiro atoms. The molecule has 1 N–H and O–H groups in total. The lowest BCUT2D eigenvalue weighted by molar-refractivity contribution is 0.413. The van der Waals surface area contributed by atoms with Crippen LogP contribution in [-0.2, 0) is 7.05 Å². The molecule has 1 aromatic heterocycles. The number of aryl methyl sites for hydroxylation is 1. The summed E-state index contributed by atoms with van der Waals surface area (Å²) in [4.78, 5) is 0. The molecule has 0 aliphatic carbocycles. The standard InChI is InChI=1S/C13H17N3O/c1-14-13(12-7-8-15-16(12)2)10-5-4-6-11(9-10)17-3/h4-9,13-14H,1-3H3. The van der Waals surface area contributed by atoms with Gasteiger partial charge >= 0.3 is 0 Å². The van der Waals surface area contributed by atoms with E-state index in [-0.39, 0.29) is 6.04 Å². The molecule has 1 heterocycles. The van der Waals surface area contributed by atoms with Crippen molar-refractivity contribution in [2.24, 2.45) is 7.05 Å². The highest BCUT2D eigenvalue weighted by Crippen LogP contribution is 2.24. The summed E-state index contributed by atoms with van der Waals surface area (Å²) in [6.45, 7) is 0. The second-order valence-electron chi connectivity index (χ2n) is 3.88. The maximum absolute atomic E-state index is 5.25. The Morgan fingerprint density at radius 1 is 1.35 bits per heavy atom. The molecule has 0 aliphatic heterocycles. The number of hydrogen-bond donors (Lipinski definition) is 1. The van der Waals surface area contributed by atoms with Crippen LogP contribution in [0, 0.1) is 0 Å². The van der Waals surface area contributed by atoms with Crippen LogP contribution in [0.3, 0.4) is 0 Å². The van der Waals surface area contributed by atoms with Crippen LogP contribution >= 0.6 is 0 Å². The van der Waals surface area contributed by atoms with E-state index in [4.69, 9.17) is 4.74 Å². The molecule has 1 atom stereocenters. The van der Waals surface area contributed by atoms with Gasteiger partial charge < -0.3 is 10.1 Å². The van der Waals surface area contributed by atoms with Crippen LogP contribution in [0.4, 0.5) is 0 Å². The molecule has 0 radical (unpaired) electrons. The molecule has 4 nitrogen and oxygen atoms in total. The summed E-state index contributed by atoms with van der Waals surface area (Å²) in [6.07, 6.45) is 1.81. The van der Waals surface area contributed by atoms with Crippen LogP contribution in [0.25, 0.3) is 0 Å². The summed E-state index contributed by atoms with van der Waals surface area (Å²) < 4.78 is 7.12. The largest absolute Gasteiger partial charge is 0.497 e. The zero-order valence-corrected chi connectivity index (χ0v) is 10.3. The molecule has 0 fully saturated rings. The summed E-state index contributed by atoms with van der Waals surface area (Å²) in [6, 6.07) is 10.2. The molecule has 90 valence electrons. The Bertz CT molecular complexity index is 493. The smallest absolute Gasteiger partial charge is 0.119 e. The lowest BCUT2D eigenvalue weighted by atomic mass is 10.0. The second kappa shape index (κ2) is 5.01. The van der Waals surface area contributed by atoms with Crippen LogP contribution in [0.1, 0.15) is 17.3 Å². The monoisotopic (exact) mass is 231 g/mol. The van der Waals surface area contributed by atoms with Gasteiger partial charge in [0.1, 0.15) is 5.75 Å². The zero-order chi connectivity index (χ0) is 12.3. The highest BCUT2D eigenvalue weighted by Gasteiger charge is 2.15. The van der Waals surface area contributed by atoms with Gasteiger partial charge in [0.15, 0.2) is 0 Å². The van der Waals surface area contributed by atoms with Crippen molar-refractivity contribution in [3.05, 3.63) is 47.8 Å². The third-order valence-corrected chi connectivity index (χ3v) is 2.87. The molecule has 1 unspecified atom stereocenters. The highest BCUT2D eigenvalue weighted by molar-refractivity contribution is 5.34. The van der Waals surface area contributed by atoms with E-state index in [0.29, 0.717) is 0 Å². The van der Waals surface area contributed by atoms with Crippen molar-refractivity contribution in [1.29, 1.82) is 0 Å². The van der Waals surface area contributed by atoms with Crippen molar-refractivity contribution in [1.82, 2.24) is 15.1 Å². The van der Waals surface area contributed by atoms with Crippen molar-refractivity contribution in [2.45, 2.75) is 6.04 Å². The Hall–Kier alpha value is -1.81. The first-order valence-corrected chi connectivity index (χ1v) is 5.55. The van der Waals surface area contributed by atoms with Crippen molar-refractivity contribution < 1.29 is 4.74 Å². The molecule has 1 aromatic carbocycles. The first kappa shape index (κ1) is 11.7. The van der Waals surface area contributed by atoms with E-state index in [9.17, 15) is 0 Å². The van der Waals surface area contributed by atoms with Gasteiger partial charge in [-0.25, -0.2) is 0 Å². The summed E-state index contributed by atoms with van der Waals surface area (Å²) >= 11 is 0. The molecule has 0 amide bonds. The Labute approximate surface area is 101 Å². The molecule has 0 saturated carbocycles. The number of nitrogens with zero attached hydrogens (tertiary/aromatic N) is 2. The first-order chi connectivity index (χ1) is 8.26. The van der Waals surface area contributed by atoms with E-state index in [0.717, 1.165) is 17.0 Å². The number of benzene rings is 1. The molecule has 2 rings (SSSR count). The maximum atomic E-state index is 5.25. The average molecular weight is 231 g/mol. The van der Waals surface area contributed by atoms with Crippen molar-refractivity contribution in [3.8, 4) is 5.75 Å². The van der Waals surface area contributed by atoms with E-state index < -0.39 is 0 Å². The third kappa shape index (κ3) is 2.31. The van der Waals surface area contributed by atoms with Gasteiger partial charge in [-0.05, 0) is 30.8 Å². The van der Waals surface area contributed by atoms with Crippen LogP contribution in [0.2, 0.25) is 0 Å². The molecule has 0 bridgehead atoms. The zero-order valence-electron chi connectivity index (χ0n) is 10.3. The van der Waals surface area contributed by atoms with E-state index in [2.05, 4.69) is 16.5 Å². The molecule has 4 heteroatoms. The summed E-state index contributed by atoms with van der Waals surface area (Å²) in [5.41, 5.74) is 2.29. The summed E-state index contributed by atoms with van der Waals surface area (Å²) in [5, 5.41) is 7.50. The van der Waals surface area contributed by atoms with Crippen LogP contribution in [-0.4, -0.2) is 23.9 Å². The fraction of sp³-hybridized carbons (Fsp3) is 0.308.